The summed E-state index contributed by atoms with van der Waals surface area (Å²) in [7, 11) is -1.70. The molecule has 3 aromatic rings. The van der Waals surface area contributed by atoms with Gasteiger partial charge < -0.3 is 27.2 Å². The molecule has 0 aliphatic heterocycles. The first-order valence-corrected chi connectivity index (χ1v) is 16.8. The Bertz CT molecular complexity index is 1110. The lowest BCUT2D eigenvalue weighted by Crippen LogP contribution is -3.00. The molecule has 0 amide bonds. The van der Waals surface area contributed by atoms with E-state index in [1.807, 2.05) is 19.9 Å². The normalized spacial score (nSPS) is 17.4. The Morgan fingerprint density at radius 3 is 1.40 bits per heavy atom. The molecule has 0 heterocycles. The minimum absolute atomic E-state index is 0. The number of halogens is 1. The number of rotatable bonds is 14. The van der Waals surface area contributed by atoms with Crippen LogP contribution in [0.5, 0.6) is 0 Å². The van der Waals surface area contributed by atoms with Crippen molar-refractivity contribution in [2.75, 3.05) is 6.16 Å². The van der Waals surface area contributed by atoms with Gasteiger partial charge in [-0.3, -0.25) is 0 Å². The van der Waals surface area contributed by atoms with Crippen LogP contribution < -0.4 is 32.9 Å². The first-order valence-electron chi connectivity index (χ1n) is 14.8. The molecule has 4 rings (SSSR count). The molecule has 1 aliphatic carbocycles. The third-order valence-corrected chi connectivity index (χ3v) is 13.0. The summed E-state index contributed by atoms with van der Waals surface area (Å²) in [5, 5.41) is 25.1. The van der Waals surface area contributed by atoms with Crippen LogP contribution in [-0.4, -0.2) is 28.6 Å². The van der Waals surface area contributed by atoms with E-state index in [0.717, 1.165) is 29.6 Å². The van der Waals surface area contributed by atoms with Crippen molar-refractivity contribution in [3.63, 3.8) is 0 Å². The zero-order valence-corrected chi connectivity index (χ0v) is 26.7. The lowest BCUT2D eigenvalue weighted by molar-refractivity contribution is -0.0000102. The first-order chi connectivity index (χ1) is 19.0. The molecular formula is C36H46BrO2P. The van der Waals surface area contributed by atoms with Gasteiger partial charge in [-0.2, -0.15) is 0 Å². The van der Waals surface area contributed by atoms with Crippen molar-refractivity contribution in [3.8, 4) is 0 Å². The van der Waals surface area contributed by atoms with Crippen molar-refractivity contribution in [2.45, 2.75) is 83.8 Å². The third kappa shape index (κ3) is 8.04. The van der Waals surface area contributed by atoms with Crippen LogP contribution in [0.4, 0.5) is 0 Å². The molecule has 40 heavy (non-hydrogen) atoms. The van der Waals surface area contributed by atoms with E-state index < -0.39 is 19.5 Å². The summed E-state index contributed by atoms with van der Waals surface area (Å²) in [5.74, 6) is 0. The van der Waals surface area contributed by atoms with Crippen LogP contribution in [0.15, 0.2) is 114 Å². The molecule has 0 saturated heterocycles. The number of aliphatic hydroxyl groups is 2. The number of aliphatic hydroxyl groups excluding tert-OH is 2. The van der Waals surface area contributed by atoms with E-state index in [2.05, 4.69) is 91.0 Å². The molecule has 0 saturated carbocycles. The Kier molecular flexibility index (Phi) is 13.3. The average molecular weight is 622 g/mol. The molecule has 1 aliphatic rings. The number of hydrogen-bond acceptors (Lipinski definition) is 2. The van der Waals surface area contributed by atoms with Gasteiger partial charge in [0.1, 0.15) is 23.2 Å². The third-order valence-electron chi connectivity index (χ3n) is 8.50. The fraction of sp³-hybridized carbons (Fsp3) is 0.389. The van der Waals surface area contributed by atoms with Crippen molar-refractivity contribution >= 4 is 23.2 Å². The van der Waals surface area contributed by atoms with Crippen molar-refractivity contribution in [3.05, 3.63) is 114 Å². The zero-order valence-electron chi connectivity index (χ0n) is 24.2. The van der Waals surface area contributed by atoms with E-state index in [-0.39, 0.29) is 17.0 Å². The van der Waals surface area contributed by atoms with Crippen LogP contribution in [0.1, 0.15) is 71.6 Å². The molecular weight excluding hydrogens is 575 g/mol. The lowest BCUT2D eigenvalue weighted by Gasteiger charge is -2.27. The fourth-order valence-electron chi connectivity index (χ4n) is 5.99. The number of unbranched alkanes of at least 4 members (excludes halogenated alkanes) is 7. The maximum Gasteiger partial charge on any atom is 0.112 e. The summed E-state index contributed by atoms with van der Waals surface area (Å²) in [6, 6.07) is 33.6. The summed E-state index contributed by atoms with van der Waals surface area (Å²) < 4.78 is 0. The van der Waals surface area contributed by atoms with E-state index in [0.29, 0.717) is 0 Å². The van der Waals surface area contributed by atoms with E-state index in [1.54, 1.807) is 0 Å². The van der Waals surface area contributed by atoms with Crippen LogP contribution in [0, 0.1) is 0 Å². The van der Waals surface area contributed by atoms with Gasteiger partial charge >= 0.3 is 0 Å². The standard InChI is InChI=1S/C36H46O2P.BrH/c1-29-30(2)36(38)31(28-35(29)37)20-12-7-5-3-4-6-8-19-27-39(32-21-13-9-14-22-32,33-23-15-10-16-24-33)34-25-17-11-18-26-34;/h9-11,13-18,21-26,28,35-38H,3-8,12,19-20,27H2,1-2H3;1H/q+1;/p-1. The Morgan fingerprint density at radius 1 is 0.550 bits per heavy atom. The number of benzene rings is 3. The number of hydrogen-bond donors (Lipinski definition) is 2. The summed E-state index contributed by atoms with van der Waals surface area (Å²) in [5.41, 5.74) is 2.80. The highest BCUT2D eigenvalue weighted by molar-refractivity contribution is 7.95. The second kappa shape index (κ2) is 16.4. The molecule has 2 unspecified atom stereocenters. The van der Waals surface area contributed by atoms with Crippen LogP contribution in [0.2, 0.25) is 0 Å². The molecule has 2 N–H and O–H groups in total. The average Bonchev–Trinajstić information content (AvgIpc) is 2.99. The molecule has 3 aromatic carbocycles. The van der Waals surface area contributed by atoms with Crippen LogP contribution in [-0.2, 0) is 0 Å². The molecule has 0 aromatic heterocycles. The Morgan fingerprint density at radius 2 is 0.950 bits per heavy atom. The van der Waals surface area contributed by atoms with Crippen LogP contribution in [0.3, 0.4) is 0 Å². The van der Waals surface area contributed by atoms with Gasteiger partial charge in [-0.1, -0.05) is 86.7 Å². The monoisotopic (exact) mass is 620 g/mol. The SMILES string of the molecule is CC1=C(C)C(O)C(CCCCCCCCCC[P+](c2ccccc2)(c2ccccc2)c2ccccc2)=CC1O.[Br-]. The molecule has 0 radical (unpaired) electrons. The van der Waals surface area contributed by atoms with E-state index in [4.69, 9.17) is 0 Å². The largest absolute Gasteiger partial charge is 1.00 e. The van der Waals surface area contributed by atoms with Gasteiger partial charge in [0.25, 0.3) is 0 Å². The highest BCUT2D eigenvalue weighted by Gasteiger charge is 2.44. The van der Waals surface area contributed by atoms with E-state index in [9.17, 15) is 10.2 Å². The summed E-state index contributed by atoms with van der Waals surface area (Å²) >= 11 is 0. The highest BCUT2D eigenvalue weighted by Crippen LogP contribution is 2.56. The predicted molar refractivity (Wildman–Crippen MR) is 170 cm³/mol. The minimum Gasteiger partial charge on any atom is -1.00 e. The van der Waals surface area contributed by atoms with E-state index in [1.165, 1.54) is 67.0 Å². The topological polar surface area (TPSA) is 40.5 Å². The quantitative estimate of drug-likeness (QED) is 0.158. The molecule has 0 spiro atoms. The molecule has 0 fully saturated rings. The molecule has 4 heteroatoms. The second-order valence-corrected chi connectivity index (χ2v) is 14.7. The highest BCUT2D eigenvalue weighted by atomic mass is 79.9. The van der Waals surface area contributed by atoms with Crippen molar-refractivity contribution < 1.29 is 27.2 Å². The summed E-state index contributed by atoms with van der Waals surface area (Å²) in [6.45, 7) is 3.84. The Hall–Kier alpha value is -2.03. The fourth-order valence-corrected chi connectivity index (χ4v) is 10.4. The zero-order chi connectivity index (χ0) is 27.5. The minimum atomic E-state index is -1.70. The van der Waals surface area contributed by atoms with Gasteiger partial charge in [-0.15, -0.1) is 0 Å². The van der Waals surface area contributed by atoms with Gasteiger partial charge in [-0.05, 0) is 98.7 Å². The summed E-state index contributed by atoms with van der Waals surface area (Å²) in [6.07, 6.45) is 12.8. The smallest absolute Gasteiger partial charge is 0.112 e. The Labute approximate surface area is 253 Å². The lowest BCUT2D eigenvalue weighted by atomic mass is 9.86. The molecule has 2 atom stereocenters. The van der Waals surface area contributed by atoms with Crippen molar-refractivity contribution in [2.24, 2.45) is 0 Å². The maximum absolute atomic E-state index is 10.5. The molecule has 214 valence electrons. The van der Waals surface area contributed by atoms with Gasteiger partial charge in [0.05, 0.1) is 18.4 Å². The van der Waals surface area contributed by atoms with Gasteiger partial charge in [0, 0.05) is 0 Å². The summed E-state index contributed by atoms with van der Waals surface area (Å²) in [4.78, 5) is 0. The van der Waals surface area contributed by atoms with Crippen LogP contribution in [0.25, 0.3) is 0 Å². The Balaban J connectivity index is 0.00000441. The van der Waals surface area contributed by atoms with Gasteiger partial charge in [0.2, 0.25) is 0 Å². The van der Waals surface area contributed by atoms with Gasteiger partial charge in [-0.25, -0.2) is 0 Å². The molecule has 2 nitrogen and oxygen atoms in total. The van der Waals surface area contributed by atoms with Crippen LogP contribution >= 0.6 is 7.26 Å². The maximum atomic E-state index is 10.5. The van der Waals surface area contributed by atoms with Crippen molar-refractivity contribution in [1.82, 2.24) is 0 Å². The van der Waals surface area contributed by atoms with Gasteiger partial charge in [0.15, 0.2) is 0 Å². The molecule has 0 bridgehead atoms. The van der Waals surface area contributed by atoms with Crippen molar-refractivity contribution in [1.29, 1.82) is 0 Å². The first kappa shape index (κ1) is 32.5. The second-order valence-electron chi connectivity index (χ2n) is 11.1. The van der Waals surface area contributed by atoms with E-state index >= 15 is 0 Å². The predicted octanol–water partition coefficient (Wildman–Crippen LogP) is 4.49.